The SMILES string of the molecule is C.C.C.C.C.C.CC(C)c1ccc2nc(C(C)C)cn2c1.CC(C)c1ccc2nc(C(C)C)nn2c1.CC(C)c1ccn2nc(C(C)C)nc2c1.CC(C)c1cn2cc(C(C)C)nc2cn1.CC(C)c1cn2nc(C(C)C)ccc2n1.CC(C)c1cnc2nc(C(C)C)cn2c1. The van der Waals surface area contributed by atoms with Gasteiger partial charge in [0.25, 0.3) is 0 Å². The second-order valence-corrected chi connectivity index (χ2v) is 27.4. The van der Waals surface area contributed by atoms with Crippen LogP contribution < -0.4 is 0 Å². The van der Waals surface area contributed by atoms with Gasteiger partial charge in [-0.15, -0.1) is 0 Å². The van der Waals surface area contributed by atoms with E-state index in [1.165, 1.54) is 22.3 Å². The number of fused-ring (bicyclic) bond motifs is 6. The lowest BCUT2D eigenvalue weighted by atomic mass is 10.1. The first-order chi connectivity index (χ1) is 42.5. The maximum absolute atomic E-state index is 4.58. The van der Waals surface area contributed by atoms with Gasteiger partial charge in [0.2, 0.25) is 5.78 Å². The third kappa shape index (κ3) is 22.4. The Bertz CT molecular complexity index is 3470. The maximum atomic E-state index is 4.58. The molecule has 96 heavy (non-hydrogen) atoms. The molecular weight excluding hydrogens is 1190 g/mol. The summed E-state index contributed by atoms with van der Waals surface area (Å²) in [4.78, 5) is 35.8. The van der Waals surface area contributed by atoms with Crippen molar-refractivity contribution >= 4 is 34.0 Å². The van der Waals surface area contributed by atoms with Crippen LogP contribution in [0.1, 0.15) is 350 Å². The summed E-state index contributed by atoms with van der Waals surface area (Å²) in [5, 5.41) is 13.4. The molecule has 0 aliphatic heterocycles. The van der Waals surface area contributed by atoms with Gasteiger partial charge < -0.3 is 8.80 Å². The highest BCUT2D eigenvalue weighted by atomic mass is 15.3. The number of hydrogen-bond donors (Lipinski definition) is 0. The third-order valence-corrected chi connectivity index (χ3v) is 15.6. The van der Waals surface area contributed by atoms with Crippen LogP contribution in [-0.4, -0.2) is 81.9 Å². The van der Waals surface area contributed by atoms with Crippen LogP contribution in [0.2, 0.25) is 0 Å². The lowest BCUT2D eigenvalue weighted by Gasteiger charge is -2.04. The van der Waals surface area contributed by atoms with E-state index in [9.17, 15) is 0 Å². The number of nitrogens with zero attached hydrogens (tertiary/aromatic N) is 17. The molecule has 0 amide bonds. The standard InChI is InChI=1S/C13H18N2.5C12H17N3.6CH4/c1-9(2)11-5-6-13-14-12(10(3)4)8-15(13)7-11;1-8(2)10-6-15-7-11(9(3)4)14-12(15)5-13-10;1-8(2)10-5-13-12-14-11(9(3)4)7-15(12)6-10;1-8(2)10-5-6-12-13-11(9(3)4)7-15(12)14-10;1-8(2)10-5-6-15-11(7-10)13-12(14-15)9(3)4;1-8(2)10-5-6-11-13-12(9(3)4)14-15(11)7-10;;;;;;/h5-10H,1-4H3;5*5-9H,1-4H3;6*1H4. The molecule has 17 heteroatoms. The Morgan fingerprint density at radius 1 is 0.250 bits per heavy atom. The molecule has 0 atom stereocenters. The number of pyridine rings is 3. The highest BCUT2D eigenvalue weighted by Gasteiger charge is 2.14. The Morgan fingerprint density at radius 3 is 1.17 bits per heavy atom. The molecule has 0 bridgehead atoms. The van der Waals surface area contributed by atoms with Crippen molar-refractivity contribution in [3.63, 3.8) is 0 Å². The zero-order valence-corrected chi connectivity index (χ0v) is 58.5. The summed E-state index contributed by atoms with van der Waals surface area (Å²) < 4.78 is 11.8. The minimum Gasteiger partial charge on any atom is -0.307 e. The summed E-state index contributed by atoms with van der Waals surface area (Å²) in [6, 6.07) is 16.7. The number of aromatic nitrogens is 17. The molecule has 0 spiro atoms. The van der Waals surface area contributed by atoms with E-state index in [2.05, 4.69) is 310 Å². The Labute approximate surface area is 579 Å². The molecule has 12 aromatic heterocycles. The molecule has 0 fully saturated rings. The van der Waals surface area contributed by atoms with Crippen LogP contribution in [0.5, 0.6) is 0 Å². The van der Waals surface area contributed by atoms with Crippen molar-refractivity contribution in [1.29, 1.82) is 0 Å². The zero-order valence-electron chi connectivity index (χ0n) is 58.5. The molecule has 12 heterocycles. The van der Waals surface area contributed by atoms with E-state index in [0.717, 1.165) is 79.8 Å². The van der Waals surface area contributed by atoms with E-state index < -0.39 is 0 Å². The first-order valence-corrected chi connectivity index (χ1v) is 32.7. The third-order valence-electron chi connectivity index (χ3n) is 15.6. The van der Waals surface area contributed by atoms with Crippen molar-refractivity contribution in [3.05, 3.63) is 185 Å². The molecular formula is C79H127N17. The van der Waals surface area contributed by atoms with Crippen molar-refractivity contribution in [3.8, 4) is 0 Å². The van der Waals surface area contributed by atoms with E-state index in [-0.39, 0.29) is 44.6 Å². The van der Waals surface area contributed by atoms with E-state index >= 15 is 0 Å². The Balaban J connectivity index is 0.000000569. The van der Waals surface area contributed by atoms with Gasteiger partial charge in [0, 0.05) is 67.6 Å². The largest absolute Gasteiger partial charge is 0.307 e. The van der Waals surface area contributed by atoms with Crippen molar-refractivity contribution in [2.24, 2.45) is 0 Å². The van der Waals surface area contributed by atoms with Crippen LogP contribution >= 0.6 is 0 Å². The molecule has 0 N–H and O–H groups in total. The van der Waals surface area contributed by atoms with E-state index in [1.54, 1.807) is 0 Å². The monoisotopic (exact) mass is 1310 g/mol. The average molecular weight is 1320 g/mol. The molecule has 12 rings (SSSR count). The highest BCUT2D eigenvalue weighted by Crippen LogP contribution is 2.24. The minimum atomic E-state index is 0. The molecule has 0 aromatic carbocycles. The fourth-order valence-corrected chi connectivity index (χ4v) is 9.18. The topological polar surface area (TPSA) is 168 Å². The van der Waals surface area contributed by atoms with Crippen molar-refractivity contribution in [2.75, 3.05) is 0 Å². The van der Waals surface area contributed by atoms with Crippen LogP contribution in [-0.2, 0) is 0 Å². The van der Waals surface area contributed by atoms with Gasteiger partial charge >= 0.3 is 0 Å². The summed E-state index contributed by atoms with van der Waals surface area (Å²) in [7, 11) is 0. The molecule has 17 nitrogen and oxygen atoms in total. The molecule has 0 radical (unpaired) electrons. The molecule has 0 aliphatic rings. The maximum Gasteiger partial charge on any atom is 0.233 e. The lowest BCUT2D eigenvalue weighted by molar-refractivity contribution is 0.759. The minimum absolute atomic E-state index is 0. The van der Waals surface area contributed by atoms with Crippen molar-refractivity contribution in [2.45, 2.75) is 282 Å². The normalized spacial score (nSPS) is 11.1. The second kappa shape index (κ2) is 37.9. The van der Waals surface area contributed by atoms with Crippen LogP contribution in [0.25, 0.3) is 34.0 Å². The van der Waals surface area contributed by atoms with Gasteiger partial charge in [-0.2, -0.15) is 15.3 Å². The van der Waals surface area contributed by atoms with Crippen molar-refractivity contribution in [1.82, 2.24) is 81.9 Å². The molecule has 0 unspecified atom stereocenters. The molecule has 528 valence electrons. The van der Waals surface area contributed by atoms with E-state index in [4.69, 9.17) is 0 Å². The van der Waals surface area contributed by atoms with Gasteiger partial charge in [0.1, 0.15) is 5.65 Å². The van der Waals surface area contributed by atoms with Gasteiger partial charge in [-0.1, -0.05) is 223 Å². The molecule has 0 saturated carbocycles. The van der Waals surface area contributed by atoms with Crippen LogP contribution in [0, 0.1) is 0 Å². The fourth-order valence-electron chi connectivity index (χ4n) is 9.18. The first-order valence-electron chi connectivity index (χ1n) is 32.7. The fraction of sp³-hybridized carbons (Fsp3) is 0.532. The van der Waals surface area contributed by atoms with Crippen molar-refractivity contribution < 1.29 is 0 Å². The summed E-state index contributed by atoms with van der Waals surface area (Å²) in [6.07, 6.45) is 22.5. The Kier molecular flexibility index (Phi) is 33.9. The van der Waals surface area contributed by atoms with Gasteiger partial charge in [-0.3, -0.25) is 9.38 Å². The first kappa shape index (κ1) is 85.8. The van der Waals surface area contributed by atoms with Crippen LogP contribution in [0.15, 0.2) is 117 Å². The summed E-state index contributed by atoms with van der Waals surface area (Å²) in [5.74, 6) is 8.30. The smallest absolute Gasteiger partial charge is 0.233 e. The van der Waals surface area contributed by atoms with Gasteiger partial charge in [-0.25, -0.2) is 48.4 Å². The van der Waals surface area contributed by atoms with Gasteiger partial charge in [0.15, 0.2) is 34.2 Å². The molecule has 0 aliphatic carbocycles. The number of hydrogen-bond acceptors (Lipinski definition) is 11. The number of rotatable bonds is 12. The van der Waals surface area contributed by atoms with Crippen LogP contribution in [0.3, 0.4) is 0 Å². The molecule has 0 saturated heterocycles. The van der Waals surface area contributed by atoms with E-state index in [1.807, 2.05) is 54.9 Å². The predicted octanol–water partition coefficient (Wildman–Crippen LogP) is 22.3. The summed E-state index contributed by atoms with van der Waals surface area (Å²) in [5.41, 5.74) is 16.7. The lowest BCUT2D eigenvalue weighted by Crippen LogP contribution is -1.98. The van der Waals surface area contributed by atoms with Crippen LogP contribution in [0.4, 0.5) is 0 Å². The predicted molar refractivity (Wildman–Crippen MR) is 410 cm³/mol. The summed E-state index contributed by atoms with van der Waals surface area (Å²) in [6.45, 7) is 51.7. The number of imidazole rings is 4. The van der Waals surface area contributed by atoms with Gasteiger partial charge in [-0.05, 0) is 118 Å². The molecule has 12 aromatic rings. The zero-order chi connectivity index (χ0) is 66.0. The second-order valence-electron chi connectivity index (χ2n) is 27.4. The van der Waals surface area contributed by atoms with Gasteiger partial charge in [0.05, 0.1) is 46.6 Å². The quantitative estimate of drug-likeness (QED) is 0.114. The Morgan fingerprint density at radius 2 is 0.646 bits per heavy atom. The Hall–Kier alpha value is -8.21. The summed E-state index contributed by atoms with van der Waals surface area (Å²) >= 11 is 0. The highest BCUT2D eigenvalue weighted by molar-refractivity contribution is 5.45. The average Bonchev–Trinajstić information content (AvgIpc) is 1.73. The van der Waals surface area contributed by atoms with E-state index in [0.29, 0.717) is 71.0 Å².